The number of nitrogens with two attached hydrogens (primary N) is 1. The molecule has 0 saturated heterocycles. The van der Waals surface area contributed by atoms with Crippen LogP contribution in [-0.2, 0) is 22.0 Å². The molecule has 0 spiro atoms. The minimum Gasteiger partial charge on any atom is -0.433 e. The lowest BCUT2D eigenvalue weighted by molar-refractivity contribution is 0.103. The fourth-order valence-corrected chi connectivity index (χ4v) is 6.03. The molecule has 0 unspecified atom stereocenters. The van der Waals surface area contributed by atoms with Gasteiger partial charge in [-0.3, -0.25) is 9.18 Å². The van der Waals surface area contributed by atoms with Crippen molar-refractivity contribution in [2.45, 2.75) is 25.5 Å². The summed E-state index contributed by atoms with van der Waals surface area (Å²) in [5, 5.41) is 4.21. The van der Waals surface area contributed by atoms with Crippen molar-refractivity contribution < 1.29 is 35.5 Å². The molecule has 5 rings (SSSR count). The van der Waals surface area contributed by atoms with Crippen LogP contribution in [0.15, 0.2) is 54.4 Å². The smallest absolute Gasteiger partial charge is 0.219 e. The molecule has 2 aromatic carbocycles. The van der Waals surface area contributed by atoms with E-state index in [0.29, 0.717) is 28.0 Å². The SMILES string of the molecule is Cc1cc(Oc2c(F)cccc2F)ncc1-n1ncc(C(=O)C2=Cc3cc(F)c(CS(=O)(=O)CCCF)cc3C2)c1N. The van der Waals surface area contributed by atoms with Gasteiger partial charge in [0.05, 0.1) is 41.8 Å². The third kappa shape index (κ3) is 5.77. The van der Waals surface area contributed by atoms with Gasteiger partial charge < -0.3 is 10.5 Å². The molecule has 0 aliphatic heterocycles. The number of aryl methyl sites for hydroxylation is 1. The molecule has 1 aliphatic carbocycles. The van der Waals surface area contributed by atoms with Crippen LogP contribution in [-0.4, -0.2) is 41.4 Å². The standard InChI is InChI=1S/C29H24F4N4O4S/c1-16-8-26(41-28-22(31)4-2-5-23(28)32)35-14-25(16)37-29(34)21(13-36-37)27(38)19-9-17-11-20(24(33)12-18(17)10-19)15-42(39,40)7-3-6-30/h2,4-5,8,10-14H,3,6-7,9,15,34H2,1H3. The Morgan fingerprint density at radius 2 is 1.83 bits per heavy atom. The Bertz CT molecular complexity index is 1830. The number of Topliss-reactive ketones (excluding diaryl/α,β-unsaturated/α-hetero) is 1. The van der Waals surface area contributed by atoms with E-state index >= 15 is 0 Å². The summed E-state index contributed by atoms with van der Waals surface area (Å²) in [5.74, 6) is -4.59. The number of benzene rings is 2. The summed E-state index contributed by atoms with van der Waals surface area (Å²) >= 11 is 0. The number of alkyl halides is 1. The van der Waals surface area contributed by atoms with E-state index in [2.05, 4.69) is 10.1 Å². The number of nitrogens with zero attached hydrogens (tertiary/aromatic N) is 3. The van der Waals surface area contributed by atoms with E-state index in [4.69, 9.17) is 10.5 Å². The van der Waals surface area contributed by atoms with Crippen LogP contribution >= 0.6 is 0 Å². The highest BCUT2D eigenvalue weighted by molar-refractivity contribution is 7.90. The second kappa shape index (κ2) is 11.4. The maximum absolute atomic E-state index is 14.7. The van der Waals surface area contributed by atoms with Gasteiger partial charge in [-0.05, 0) is 54.3 Å². The minimum atomic E-state index is -3.70. The van der Waals surface area contributed by atoms with Crippen LogP contribution in [0, 0.1) is 24.4 Å². The van der Waals surface area contributed by atoms with Gasteiger partial charge in [0.1, 0.15) is 11.6 Å². The number of aromatic nitrogens is 3. The first-order chi connectivity index (χ1) is 20.0. The van der Waals surface area contributed by atoms with Crippen LogP contribution in [0.4, 0.5) is 23.4 Å². The van der Waals surface area contributed by atoms with E-state index < -0.39 is 51.2 Å². The zero-order chi connectivity index (χ0) is 30.2. The number of para-hydroxylation sites is 1. The maximum Gasteiger partial charge on any atom is 0.219 e. The topological polar surface area (TPSA) is 117 Å². The molecule has 2 N–H and O–H groups in total. The summed E-state index contributed by atoms with van der Waals surface area (Å²) in [4.78, 5) is 17.5. The fourth-order valence-electron chi connectivity index (χ4n) is 4.64. The quantitative estimate of drug-likeness (QED) is 0.190. The zero-order valence-electron chi connectivity index (χ0n) is 22.2. The van der Waals surface area contributed by atoms with Gasteiger partial charge in [0.25, 0.3) is 0 Å². The number of pyridine rings is 1. The molecule has 2 aromatic heterocycles. The van der Waals surface area contributed by atoms with Crippen LogP contribution in [0.5, 0.6) is 11.6 Å². The first-order valence-electron chi connectivity index (χ1n) is 12.7. The molecule has 0 fully saturated rings. The van der Waals surface area contributed by atoms with Gasteiger partial charge in [-0.15, -0.1) is 0 Å². The second-order valence-corrected chi connectivity index (χ2v) is 12.0. The van der Waals surface area contributed by atoms with E-state index in [9.17, 15) is 30.8 Å². The lowest BCUT2D eigenvalue weighted by Crippen LogP contribution is -2.11. The van der Waals surface area contributed by atoms with E-state index in [1.54, 1.807) is 6.92 Å². The van der Waals surface area contributed by atoms with E-state index in [1.165, 1.54) is 47.4 Å². The summed E-state index contributed by atoms with van der Waals surface area (Å²) in [7, 11) is -3.70. The van der Waals surface area contributed by atoms with Gasteiger partial charge in [-0.2, -0.15) is 5.10 Å². The Morgan fingerprint density at radius 3 is 2.52 bits per heavy atom. The van der Waals surface area contributed by atoms with Crippen LogP contribution in [0.2, 0.25) is 0 Å². The number of allylic oxidation sites excluding steroid dienone is 1. The Labute approximate surface area is 238 Å². The minimum absolute atomic E-state index is 0.00130. The number of carbonyl (C=O) groups excluding carboxylic acids is 1. The predicted octanol–water partition coefficient (Wildman–Crippen LogP) is 5.46. The number of rotatable bonds is 10. The molecular weight excluding hydrogens is 576 g/mol. The van der Waals surface area contributed by atoms with Crippen molar-refractivity contribution in [3.8, 4) is 17.3 Å². The third-order valence-electron chi connectivity index (χ3n) is 6.74. The number of halogens is 4. The van der Waals surface area contributed by atoms with Gasteiger partial charge in [-0.25, -0.2) is 31.3 Å². The largest absolute Gasteiger partial charge is 0.433 e. The lowest BCUT2D eigenvalue weighted by atomic mass is 10.0. The molecule has 0 radical (unpaired) electrons. The summed E-state index contributed by atoms with van der Waals surface area (Å²) in [6.07, 6.45) is 4.09. The monoisotopic (exact) mass is 600 g/mol. The highest BCUT2D eigenvalue weighted by Gasteiger charge is 2.26. The van der Waals surface area contributed by atoms with Crippen molar-refractivity contribution in [2.24, 2.45) is 0 Å². The van der Waals surface area contributed by atoms with Crippen molar-refractivity contribution >= 4 is 27.5 Å². The van der Waals surface area contributed by atoms with Crippen molar-refractivity contribution in [2.75, 3.05) is 18.2 Å². The Kier molecular flexibility index (Phi) is 7.87. The van der Waals surface area contributed by atoms with Gasteiger partial charge in [0, 0.05) is 23.6 Å². The molecule has 42 heavy (non-hydrogen) atoms. The lowest BCUT2D eigenvalue weighted by Gasteiger charge is -2.11. The van der Waals surface area contributed by atoms with Crippen LogP contribution in [0.1, 0.15) is 39.0 Å². The molecule has 13 heteroatoms. The van der Waals surface area contributed by atoms with E-state index in [1.807, 2.05) is 0 Å². The number of ether oxygens (including phenoxy) is 1. The Hall–Kier alpha value is -4.52. The second-order valence-electron chi connectivity index (χ2n) is 9.77. The van der Waals surface area contributed by atoms with Crippen molar-refractivity contribution in [1.82, 2.24) is 14.8 Å². The molecule has 0 saturated carbocycles. The normalized spacial score (nSPS) is 12.7. The van der Waals surface area contributed by atoms with Gasteiger partial charge >= 0.3 is 0 Å². The Morgan fingerprint density at radius 1 is 1.10 bits per heavy atom. The maximum atomic E-state index is 14.7. The molecule has 0 bridgehead atoms. The summed E-state index contributed by atoms with van der Waals surface area (Å²) in [6.45, 7) is 0.887. The number of fused-ring (bicyclic) bond motifs is 1. The summed E-state index contributed by atoms with van der Waals surface area (Å²) in [5.41, 5.74) is 8.54. The number of anilines is 1. The fraction of sp³-hybridized carbons (Fsp3) is 0.207. The molecule has 8 nitrogen and oxygen atoms in total. The molecule has 0 amide bonds. The number of nitrogen functional groups attached to an aromatic ring is 1. The van der Waals surface area contributed by atoms with Crippen LogP contribution < -0.4 is 10.5 Å². The predicted molar refractivity (Wildman–Crippen MR) is 147 cm³/mol. The molecule has 4 aromatic rings. The average molecular weight is 601 g/mol. The van der Waals surface area contributed by atoms with E-state index in [0.717, 1.165) is 12.1 Å². The third-order valence-corrected chi connectivity index (χ3v) is 8.40. The molecule has 218 valence electrons. The number of hydrogen-bond donors (Lipinski definition) is 1. The average Bonchev–Trinajstić information content (AvgIpc) is 3.52. The molecule has 0 atom stereocenters. The number of hydrogen-bond acceptors (Lipinski definition) is 7. The molecular formula is C29H24F4N4O4S. The number of sulfone groups is 1. The first-order valence-corrected chi connectivity index (χ1v) is 14.5. The highest BCUT2D eigenvalue weighted by Crippen LogP contribution is 2.33. The first kappa shape index (κ1) is 29.0. The Balaban J connectivity index is 1.35. The zero-order valence-corrected chi connectivity index (χ0v) is 23.0. The van der Waals surface area contributed by atoms with Crippen LogP contribution in [0.3, 0.4) is 0 Å². The van der Waals surface area contributed by atoms with Crippen LogP contribution in [0.25, 0.3) is 11.8 Å². The van der Waals surface area contributed by atoms with Crippen molar-refractivity contribution in [1.29, 1.82) is 0 Å². The number of ketones is 1. The molecule has 2 heterocycles. The summed E-state index contributed by atoms with van der Waals surface area (Å²) in [6, 6.07) is 7.33. The molecule has 1 aliphatic rings. The van der Waals surface area contributed by atoms with Gasteiger partial charge in [0.2, 0.25) is 11.6 Å². The van der Waals surface area contributed by atoms with Crippen molar-refractivity contribution in [3.63, 3.8) is 0 Å². The summed E-state index contributed by atoms with van der Waals surface area (Å²) < 4.78 is 86.0. The van der Waals surface area contributed by atoms with E-state index in [-0.39, 0.29) is 41.4 Å². The van der Waals surface area contributed by atoms with Gasteiger partial charge in [-0.1, -0.05) is 12.1 Å². The van der Waals surface area contributed by atoms with Crippen molar-refractivity contribution in [3.05, 3.63) is 99.6 Å². The van der Waals surface area contributed by atoms with Gasteiger partial charge in [0.15, 0.2) is 27.3 Å². The number of carbonyl (C=O) groups is 1. The highest BCUT2D eigenvalue weighted by atomic mass is 32.2.